The second kappa shape index (κ2) is 4.67. The number of hydrogen-bond donors (Lipinski definition) is 1. The van der Waals surface area contributed by atoms with Gasteiger partial charge in [-0.3, -0.25) is 4.79 Å². The van der Waals surface area contributed by atoms with Crippen LogP contribution in [0.4, 0.5) is 0 Å². The van der Waals surface area contributed by atoms with Crippen LogP contribution < -0.4 is 0 Å². The van der Waals surface area contributed by atoms with Gasteiger partial charge in [0.05, 0.1) is 5.92 Å². The number of carbonyl (C=O) groups is 1. The fraction of sp³-hybridized carbons (Fsp3) is 0.643. The molecule has 0 fully saturated rings. The van der Waals surface area contributed by atoms with Crippen LogP contribution in [0.25, 0.3) is 0 Å². The molecule has 100 valence electrons. The van der Waals surface area contributed by atoms with Gasteiger partial charge in [-0.15, -0.1) is 0 Å². The lowest BCUT2D eigenvalue weighted by molar-refractivity contribution is -0.141. The zero-order valence-corrected chi connectivity index (χ0v) is 12.0. The quantitative estimate of drug-likeness (QED) is 0.876. The third-order valence-corrected chi connectivity index (χ3v) is 2.79. The Morgan fingerprint density at radius 3 is 1.83 bits per heavy atom. The first-order valence-electron chi connectivity index (χ1n) is 6.08. The first kappa shape index (κ1) is 14.6. The molecule has 4 heteroatoms. The van der Waals surface area contributed by atoms with Crippen LogP contribution >= 0.6 is 0 Å². The van der Waals surface area contributed by atoms with Gasteiger partial charge in [-0.05, 0) is 5.41 Å². The summed E-state index contributed by atoms with van der Waals surface area (Å²) in [5.41, 5.74) is 0.167. The lowest BCUT2D eigenvalue weighted by atomic mass is 9.77. The summed E-state index contributed by atoms with van der Waals surface area (Å²) < 4.78 is 0. The molecule has 1 heterocycles. The van der Waals surface area contributed by atoms with Gasteiger partial charge in [0.25, 0.3) is 0 Å². The van der Waals surface area contributed by atoms with Crippen LogP contribution in [0.1, 0.15) is 58.8 Å². The minimum atomic E-state index is -0.838. The van der Waals surface area contributed by atoms with E-state index in [1.807, 2.05) is 41.5 Å². The van der Waals surface area contributed by atoms with E-state index < -0.39 is 11.9 Å². The average molecular weight is 250 g/mol. The highest BCUT2D eigenvalue weighted by Crippen LogP contribution is 2.34. The van der Waals surface area contributed by atoms with E-state index in [0.29, 0.717) is 5.56 Å². The molecule has 1 rings (SSSR count). The zero-order valence-electron chi connectivity index (χ0n) is 12.0. The van der Waals surface area contributed by atoms with Gasteiger partial charge < -0.3 is 5.11 Å². The highest BCUT2D eigenvalue weighted by atomic mass is 16.4. The Labute approximate surface area is 108 Å². The Morgan fingerprint density at radius 2 is 1.56 bits per heavy atom. The third kappa shape index (κ3) is 3.28. The van der Waals surface area contributed by atoms with Crippen molar-refractivity contribution >= 4 is 5.97 Å². The van der Waals surface area contributed by atoms with E-state index in [9.17, 15) is 9.90 Å². The molecule has 0 aliphatic heterocycles. The monoisotopic (exact) mass is 250 g/mol. The van der Waals surface area contributed by atoms with Gasteiger partial charge >= 0.3 is 5.97 Å². The molecule has 0 spiro atoms. The summed E-state index contributed by atoms with van der Waals surface area (Å²) in [5.74, 6) is -0.703. The summed E-state index contributed by atoms with van der Waals surface area (Å²) in [6.45, 7) is 11.8. The highest BCUT2D eigenvalue weighted by molar-refractivity contribution is 5.76. The van der Waals surface area contributed by atoms with Crippen LogP contribution in [-0.4, -0.2) is 21.0 Å². The van der Waals surface area contributed by atoms with Gasteiger partial charge in [0.1, 0.15) is 5.82 Å². The molecule has 4 nitrogen and oxygen atoms in total. The second-order valence-corrected chi connectivity index (χ2v) is 6.73. The lowest BCUT2D eigenvalue weighted by Gasteiger charge is -2.27. The summed E-state index contributed by atoms with van der Waals surface area (Å²) in [4.78, 5) is 20.0. The molecular formula is C14H22N2O2. The molecule has 18 heavy (non-hydrogen) atoms. The summed E-state index contributed by atoms with van der Waals surface area (Å²) in [5, 5.41) is 9.34. The van der Waals surface area contributed by atoms with Gasteiger partial charge in [-0.1, -0.05) is 41.5 Å². The van der Waals surface area contributed by atoms with E-state index in [2.05, 4.69) is 9.97 Å². The van der Waals surface area contributed by atoms with Gasteiger partial charge in [0, 0.05) is 23.4 Å². The van der Waals surface area contributed by atoms with E-state index in [0.717, 1.165) is 5.82 Å². The summed E-state index contributed by atoms with van der Waals surface area (Å²) >= 11 is 0. The number of hydrogen-bond acceptors (Lipinski definition) is 3. The Balaban J connectivity index is 3.14. The topological polar surface area (TPSA) is 63.1 Å². The smallest absolute Gasteiger partial charge is 0.311 e. The van der Waals surface area contributed by atoms with E-state index in [1.165, 1.54) is 0 Å². The number of aliphatic carboxylic acids is 1. The Kier molecular flexibility index (Phi) is 3.79. The fourth-order valence-corrected chi connectivity index (χ4v) is 1.89. The maximum atomic E-state index is 11.4. The van der Waals surface area contributed by atoms with Crippen molar-refractivity contribution in [3.8, 4) is 0 Å². The highest BCUT2D eigenvalue weighted by Gasteiger charge is 2.33. The van der Waals surface area contributed by atoms with Crippen molar-refractivity contribution in [2.75, 3.05) is 0 Å². The molecule has 0 aliphatic carbocycles. The fourth-order valence-electron chi connectivity index (χ4n) is 1.89. The van der Waals surface area contributed by atoms with Crippen molar-refractivity contribution in [1.29, 1.82) is 0 Å². The summed E-state index contributed by atoms with van der Waals surface area (Å²) in [6, 6.07) is 0. The Hall–Kier alpha value is -1.45. The molecular weight excluding hydrogens is 228 g/mol. The van der Waals surface area contributed by atoms with Crippen molar-refractivity contribution in [2.24, 2.45) is 5.41 Å². The van der Waals surface area contributed by atoms with Crippen molar-refractivity contribution in [3.05, 3.63) is 23.8 Å². The first-order chi connectivity index (χ1) is 8.03. The van der Waals surface area contributed by atoms with E-state index in [-0.39, 0.29) is 10.8 Å². The molecule has 1 aromatic heterocycles. The van der Waals surface area contributed by atoms with E-state index in [1.54, 1.807) is 12.4 Å². The molecule has 0 bridgehead atoms. The van der Waals surface area contributed by atoms with Crippen LogP contribution in [0.15, 0.2) is 12.4 Å². The minimum Gasteiger partial charge on any atom is -0.481 e. The van der Waals surface area contributed by atoms with Crippen LogP contribution in [0.2, 0.25) is 0 Å². The molecule has 0 saturated carbocycles. The van der Waals surface area contributed by atoms with Crippen molar-refractivity contribution in [3.63, 3.8) is 0 Å². The maximum absolute atomic E-state index is 11.4. The molecule has 1 atom stereocenters. The van der Waals surface area contributed by atoms with Gasteiger partial charge in [-0.2, -0.15) is 0 Å². The van der Waals surface area contributed by atoms with Gasteiger partial charge in [0.15, 0.2) is 0 Å². The first-order valence-corrected chi connectivity index (χ1v) is 6.08. The standard InChI is InChI=1S/C14H22N2O2/c1-13(2,3)10(11(17)18)9-7-15-12(16-8-9)14(4,5)6/h7-8,10H,1-6H3,(H,17,18)/t10-/m0/s1. The Morgan fingerprint density at radius 1 is 1.11 bits per heavy atom. The van der Waals surface area contributed by atoms with Crippen molar-refractivity contribution < 1.29 is 9.90 Å². The number of rotatable bonds is 2. The largest absolute Gasteiger partial charge is 0.481 e. The lowest BCUT2D eigenvalue weighted by Crippen LogP contribution is -2.27. The SMILES string of the molecule is CC(C)(C)c1ncc([C@@H](C(=O)O)C(C)(C)C)cn1. The van der Waals surface area contributed by atoms with E-state index >= 15 is 0 Å². The number of carboxylic acids is 1. The molecule has 0 aromatic carbocycles. The predicted octanol–water partition coefficient (Wildman–Crippen LogP) is 2.99. The Bertz CT molecular complexity index is 425. The molecule has 1 N–H and O–H groups in total. The van der Waals surface area contributed by atoms with Crippen molar-refractivity contribution in [1.82, 2.24) is 9.97 Å². The van der Waals surface area contributed by atoms with Crippen molar-refractivity contribution in [2.45, 2.75) is 52.9 Å². The zero-order chi connectivity index (χ0) is 14.1. The second-order valence-electron chi connectivity index (χ2n) is 6.73. The van der Waals surface area contributed by atoms with Crippen LogP contribution in [0.5, 0.6) is 0 Å². The molecule has 0 saturated heterocycles. The molecule has 0 aliphatic rings. The van der Waals surface area contributed by atoms with E-state index in [4.69, 9.17) is 0 Å². The summed E-state index contributed by atoms with van der Waals surface area (Å²) in [6.07, 6.45) is 3.27. The normalized spacial score (nSPS) is 14.3. The number of nitrogens with zero attached hydrogens (tertiary/aromatic N) is 2. The minimum absolute atomic E-state index is 0.126. The molecule has 0 unspecified atom stereocenters. The van der Waals surface area contributed by atoms with Crippen LogP contribution in [-0.2, 0) is 10.2 Å². The number of carboxylic acid groups (broad SMARTS) is 1. The van der Waals surface area contributed by atoms with Crippen LogP contribution in [0.3, 0.4) is 0 Å². The van der Waals surface area contributed by atoms with Gasteiger partial charge in [0.2, 0.25) is 0 Å². The molecule has 1 aromatic rings. The molecule has 0 radical (unpaired) electrons. The summed E-state index contributed by atoms with van der Waals surface area (Å²) in [7, 11) is 0. The van der Waals surface area contributed by atoms with Gasteiger partial charge in [-0.25, -0.2) is 9.97 Å². The average Bonchev–Trinajstić information content (AvgIpc) is 2.13. The van der Waals surface area contributed by atoms with Crippen LogP contribution in [0, 0.1) is 5.41 Å². The maximum Gasteiger partial charge on any atom is 0.311 e. The molecule has 0 amide bonds. The third-order valence-electron chi connectivity index (χ3n) is 2.79. The predicted molar refractivity (Wildman–Crippen MR) is 70.6 cm³/mol. The number of aromatic nitrogens is 2.